The van der Waals surface area contributed by atoms with E-state index >= 15 is 0 Å². The molecular weight excluding hydrogens is 238 g/mol. The van der Waals surface area contributed by atoms with Crippen molar-refractivity contribution in [2.24, 2.45) is 5.92 Å². The maximum Gasteiger partial charge on any atom is 0.0837 e. The van der Waals surface area contributed by atoms with Crippen molar-refractivity contribution in [1.29, 1.82) is 0 Å². The highest BCUT2D eigenvalue weighted by molar-refractivity contribution is 4.97. The molecule has 1 rings (SSSR count). The van der Waals surface area contributed by atoms with Crippen molar-refractivity contribution in [3.05, 3.63) is 0 Å². The first-order valence-electron chi connectivity index (χ1n) is 8.04. The second kappa shape index (κ2) is 8.93. The van der Waals surface area contributed by atoms with Crippen LogP contribution in [0.1, 0.15) is 59.3 Å². The summed E-state index contributed by atoms with van der Waals surface area (Å²) in [7, 11) is 1.78. The third-order valence-electron chi connectivity index (χ3n) is 4.35. The molecule has 0 spiro atoms. The standard InChI is InChI=1S/C16H33NO2/c1-5-17-15(10-8-12-18-4)16(19-6-2)11-7-9-14(3)13-16/h14-15,17H,5-13H2,1-4H3. The minimum atomic E-state index is 0.0518. The van der Waals surface area contributed by atoms with Crippen LogP contribution in [0.25, 0.3) is 0 Å². The van der Waals surface area contributed by atoms with Crippen molar-refractivity contribution < 1.29 is 9.47 Å². The van der Waals surface area contributed by atoms with Crippen molar-refractivity contribution >= 4 is 0 Å². The van der Waals surface area contributed by atoms with Crippen LogP contribution in [0, 0.1) is 5.92 Å². The van der Waals surface area contributed by atoms with Crippen LogP contribution < -0.4 is 5.32 Å². The van der Waals surface area contributed by atoms with Gasteiger partial charge in [-0.15, -0.1) is 0 Å². The number of likely N-dealkylation sites (N-methyl/N-ethyl adjacent to an activating group) is 1. The van der Waals surface area contributed by atoms with Gasteiger partial charge in [-0.2, -0.15) is 0 Å². The number of hydrogen-bond acceptors (Lipinski definition) is 3. The lowest BCUT2D eigenvalue weighted by atomic mass is 9.73. The molecule has 1 N–H and O–H groups in total. The molecule has 1 aliphatic rings. The highest BCUT2D eigenvalue weighted by Gasteiger charge is 2.41. The lowest BCUT2D eigenvalue weighted by Gasteiger charge is -2.45. The topological polar surface area (TPSA) is 30.5 Å². The van der Waals surface area contributed by atoms with Crippen molar-refractivity contribution in [2.45, 2.75) is 70.9 Å². The third-order valence-corrected chi connectivity index (χ3v) is 4.35. The summed E-state index contributed by atoms with van der Waals surface area (Å²) in [5, 5.41) is 3.68. The molecule has 0 aromatic heterocycles. The van der Waals surface area contributed by atoms with Gasteiger partial charge in [0, 0.05) is 26.4 Å². The van der Waals surface area contributed by atoms with Crippen LogP contribution in [0.2, 0.25) is 0 Å². The second-order valence-corrected chi connectivity index (χ2v) is 5.94. The van der Waals surface area contributed by atoms with Gasteiger partial charge in [-0.05, 0) is 45.1 Å². The molecule has 1 saturated carbocycles. The molecule has 3 heteroatoms. The van der Waals surface area contributed by atoms with E-state index in [4.69, 9.17) is 9.47 Å². The van der Waals surface area contributed by atoms with E-state index in [0.717, 1.165) is 38.5 Å². The maximum absolute atomic E-state index is 6.28. The fourth-order valence-corrected chi connectivity index (χ4v) is 3.61. The molecule has 0 aromatic carbocycles. The molecular formula is C16H33NO2. The minimum Gasteiger partial charge on any atom is -0.385 e. The van der Waals surface area contributed by atoms with Crippen LogP contribution in [0.3, 0.4) is 0 Å². The van der Waals surface area contributed by atoms with Crippen LogP contribution >= 0.6 is 0 Å². The Labute approximate surface area is 119 Å². The van der Waals surface area contributed by atoms with Gasteiger partial charge in [0.15, 0.2) is 0 Å². The molecule has 0 radical (unpaired) electrons. The smallest absolute Gasteiger partial charge is 0.0837 e. The monoisotopic (exact) mass is 271 g/mol. The van der Waals surface area contributed by atoms with Gasteiger partial charge in [0.25, 0.3) is 0 Å². The van der Waals surface area contributed by atoms with E-state index in [-0.39, 0.29) is 5.60 Å². The maximum atomic E-state index is 6.28. The Balaban J connectivity index is 2.71. The highest BCUT2D eigenvalue weighted by atomic mass is 16.5. The number of hydrogen-bond donors (Lipinski definition) is 1. The van der Waals surface area contributed by atoms with E-state index in [2.05, 4.69) is 26.1 Å². The Morgan fingerprint density at radius 2 is 2.16 bits per heavy atom. The predicted octanol–water partition coefficient (Wildman–Crippen LogP) is 3.38. The molecule has 1 fully saturated rings. The first-order chi connectivity index (χ1) is 9.18. The number of ether oxygens (including phenoxy) is 2. The van der Waals surface area contributed by atoms with E-state index < -0.39 is 0 Å². The molecule has 0 saturated heterocycles. The van der Waals surface area contributed by atoms with Crippen LogP contribution in [0.15, 0.2) is 0 Å². The molecule has 3 unspecified atom stereocenters. The Bertz CT molecular complexity index is 231. The van der Waals surface area contributed by atoms with Gasteiger partial charge in [0.1, 0.15) is 0 Å². The van der Waals surface area contributed by atoms with E-state index in [1.165, 1.54) is 25.7 Å². The van der Waals surface area contributed by atoms with E-state index in [9.17, 15) is 0 Å². The zero-order valence-corrected chi connectivity index (χ0v) is 13.3. The van der Waals surface area contributed by atoms with Crippen LogP contribution in [-0.4, -0.2) is 38.5 Å². The van der Waals surface area contributed by atoms with Gasteiger partial charge in [0.2, 0.25) is 0 Å². The van der Waals surface area contributed by atoms with Crippen molar-refractivity contribution in [3.63, 3.8) is 0 Å². The highest BCUT2D eigenvalue weighted by Crippen LogP contribution is 2.39. The number of rotatable bonds is 9. The molecule has 0 bridgehead atoms. The zero-order valence-electron chi connectivity index (χ0n) is 13.3. The summed E-state index contributed by atoms with van der Waals surface area (Å²) in [6.45, 7) is 9.36. The molecule has 0 aliphatic heterocycles. The molecule has 0 heterocycles. The van der Waals surface area contributed by atoms with Crippen molar-refractivity contribution in [2.75, 3.05) is 26.9 Å². The summed E-state index contributed by atoms with van der Waals surface area (Å²) in [5.41, 5.74) is 0.0518. The Hall–Kier alpha value is -0.120. The average molecular weight is 271 g/mol. The largest absolute Gasteiger partial charge is 0.385 e. The van der Waals surface area contributed by atoms with Crippen molar-refractivity contribution in [1.82, 2.24) is 5.32 Å². The SMILES string of the molecule is CCNC(CCCOC)C1(OCC)CCCC(C)C1. The lowest BCUT2D eigenvalue weighted by molar-refractivity contribution is -0.102. The summed E-state index contributed by atoms with van der Waals surface area (Å²) < 4.78 is 11.5. The average Bonchev–Trinajstić information content (AvgIpc) is 2.38. The predicted molar refractivity (Wildman–Crippen MR) is 80.6 cm³/mol. The molecule has 3 atom stereocenters. The van der Waals surface area contributed by atoms with E-state index in [0.29, 0.717) is 6.04 Å². The quantitative estimate of drug-likeness (QED) is 0.652. The molecule has 0 aromatic rings. The molecule has 114 valence electrons. The number of nitrogens with one attached hydrogen (secondary N) is 1. The summed E-state index contributed by atoms with van der Waals surface area (Å²) in [5.74, 6) is 0.781. The van der Waals surface area contributed by atoms with E-state index in [1.54, 1.807) is 7.11 Å². The van der Waals surface area contributed by atoms with E-state index in [1.807, 2.05) is 0 Å². The first kappa shape index (κ1) is 16.9. The van der Waals surface area contributed by atoms with Gasteiger partial charge in [-0.1, -0.05) is 26.7 Å². The third kappa shape index (κ3) is 5.05. The molecule has 19 heavy (non-hydrogen) atoms. The van der Waals surface area contributed by atoms with Gasteiger partial charge in [-0.25, -0.2) is 0 Å². The summed E-state index contributed by atoms with van der Waals surface area (Å²) in [6, 6.07) is 0.468. The fourth-order valence-electron chi connectivity index (χ4n) is 3.61. The van der Waals surface area contributed by atoms with Crippen LogP contribution in [0.4, 0.5) is 0 Å². The van der Waals surface area contributed by atoms with Crippen molar-refractivity contribution in [3.8, 4) is 0 Å². The van der Waals surface area contributed by atoms with Crippen LogP contribution in [0.5, 0.6) is 0 Å². The normalized spacial score (nSPS) is 29.4. The van der Waals surface area contributed by atoms with Crippen LogP contribution in [-0.2, 0) is 9.47 Å². The minimum absolute atomic E-state index is 0.0518. The second-order valence-electron chi connectivity index (χ2n) is 5.94. The zero-order chi connectivity index (χ0) is 14.1. The van der Waals surface area contributed by atoms with Gasteiger partial charge < -0.3 is 14.8 Å². The molecule has 3 nitrogen and oxygen atoms in total. The number of methoxy groups -OCH3 is 1. The molecule has 0 amide bonds. The van der Waals surface area contributed by atoms with Gasteiger partial charge in [0.05, 0.1) is 5.60 Å². The lowest BCUT2D eigenvalue weighted by Crippen LogP contribution is -2.55. The van der Waals surface area contributed by atoms with Gasteiger partial charge in [-0.3, -0.25) is 0 Å². The Morgan fingerprint density at radius 3 is 2.74 bits per heavy atom. The Kier molecular flexibility index (Phi) is 7.96. The summed E-state index contributed by atoms with van der Waals surface area (Å²) in [4.78, 5) is 0. The fraction of sp³-hybridized carbons (Fsp3) is 1.00. The van der Waals surface area contributed by atoms with Gasteiger partial charge >= 0.3 is 0 Å². The summed E-state index contributed by atoms with van der Waals surface area (Å²) in [6.07, 6.45) is 7.31. The summed E-state index contributed by atoms with van der Waals surface area (Å²) >= 11 is 0. The molecule has 1 aliphatic carbocycles. The first-order valence-corrected chi connectivity index (χ1v) is 8.04. The Morgan fingerprint density at radius 1 is 1.37 bits per heavy atom.